The molecule has 0 spiro atoms. The number of aromatic nitrogens is 5. The van der Waals surface area contributed by atoms with Crippen LogP contribution in [0.4, 0.5) is 19.0 Å². The number of nitrogen functional groups attached to an aromatic ring is 1. The lowest BCUT2D eigenvalue weighted by molar-refractivity contribution is 0.589. The Balaban J connectivity index is 0.000000214. The quantitative estimate of drug-likeness (QED) is 0.392. The third-order valence-corrected chi connectivity index (χ3v) is 5.29. The van der Waals surface area contributed by atoms with Crippen molar-refractivity contribution >= 4 is 39.4 Å². The highest BCUT2D eigenvalue weighted by Crippen LogP contribution is 2.26. The Morgan fingerprint density at radius 3 is 2.55 bits per heavy atom. The highest BCUT2D eigenvalue weighted by atomic mass is 35.5. The summed E-state index contributed by atoms with van der Waals surface area (Å²) in [6, 6.07) is 7.04. The number of pyridine rings is 1. The van der Waals surface area contributed by atoms with Gasteiger partial charge in [0.2, 0.25) is 0 Å². The van der Waals surface area contributed by atoms with E-state index in [2.05, 4.69) is 19.9 Å². The Kier molecular flexibility index (Phi) is 6.01. The Morgan fingerprint density at radius 1 is 1.06 bits per heavy atom. The monoisotopic (exact) mass is 472 g/mol. The second kappa shape index (κ2) is 8.91. The first-order valence-corrected chi connectivity index (χ1v) is 10.1. The summed E-state index contributed by atoms with van der Waals surface area (Å²) in [5.41, 5.74) is 6.33. The molecule has 168 valence electrons. The van der Waals surface area contributed by atoms with Crippen LogP contribution in [0, 0.1) is 17.5 Å². The first-order valence-electron chi connectivity index (χ1n) is 9.69. The predicted octanol–water partition coefficient (Wildman–Crippen LogP) is 4.56. The van der Waals surface area contributed by atoms with Gasteiger partial charge in [-0.3, -0.25) is 9.36 Å². The first kappa shape index (κ1) is 22.3. The molecule has 2 aromatic carbocycles. The number of nitrogens with two attached hydrogens (primary N) is 1. The highest BCUT2D eigenvalue weighted by molar-refractivity contribution is 6.35. The number of aromatic amines is 1. The van der Waals surface area contributed by atoms with Gasteiger partial charge in [0.1, 0.15) is 29.3 Å². The SMILES string of the molecule is CCc1cc2ccc(F)c(Cl)c2c(=O)n1-c1cc(F)ccc1F.Nc1ncnc2nc[nH]c12. The molecule has 3 heterocycles. The van der Waals surface area contributed by atoms with Crippen LogP contribution in [0.2, 0.25) is 5.02 Å². The predicted molar refractivity (Wildman–Crippen MR) is 120 cm³/mol. The number of halogens is 4. The van der Waals surface area contributed by atoms with Crippen LogP contribution in [0.1, 0.15) is 12.6 Å². The maximum absolute atomic E-state index is 14.1. The topological polar surface area (TPSA) is 102 Å². The molecule has 0 amide bonds. The van der Waals surface area contributed by atoms with Crippen molar-refractivity contribution in [3.63, 3.8) is 0 Å². The van der Waals surface area contributed by atoms with E-state index in [9.17, 15) is 18.0 Å². The Labute approximate surface area is 189 Å². The minimum Gasteiger partial charge on any atom is -0.382 e. The minimum absolute atomic E-state index is 0.0625. The number of hydrogen-bond acceptors (Lipinski definition) is 5. The number of nitrogens with one attached hydrogen (secondary N) is 1. The number of nitrogens with zero attached hydrogens (tertiary/aromatic N) is 4. The van der Waals surface area contributed by atoms with E-state index in [-0.39, 0.29) is 16.1 Å². The second-order valence-electron chi connectivity index (χ2n) is 6.91. The molecule has 0 aliphatic heterocycles. The number of imidazole rings is 1. The van der Waals surface area contributed by atoms with E-state index in [0.717, 1.165) is 28.8 Å². The number of H-pyrrole nitrogens is 1. The molecule has 3 N–H and O–H groups in total. The third-order valence-electron chi connectivity index (χ3n) is 4.92. The van der Waals surface area contributed by atoms with Gasteiger partial charge in [-0.1, -0.05) is 24.6 Å². The molecule has 5 rings (SSSR count). The number of anilines is 1. The first-order chi connectivity index (χ1) is 15.8. The summed E-state index contributed by atoms with van der Waals surface area (Å²) >= 11 is 5.90. The summed E-state index contributed by atoms with van der Waals surface area (Å²) in [6.45, 7) is 1.78. The lowest BCUT2D eigenvalue weighted by Crippen LogP contribution is -2.23. The van der Waals surface area contributed by atoms with Crippen molar-refractivity contribution in [3.05, 3.63) is 87.6 Å². The smallest absolute Gasteiger partial charge is 0.264 e. The average Bonchev–Trinajstić information content (AvgIpc) is 3.29. The molecule has 5 aromatic rings. The van der Waals surface area contributed by atoms with Crippen molar-refractivity contribution in [1.82, 2.24) is 24.5 Å². The number of fused-ring (bicyclic) bond motifs is 2. The van der Waals surface area contributed by atoms with Crippen LogP contribution < -0.4 is 11.3 Å². The van der Waals surface area contributed by atoms with Crippen molar-refractivity contribution in [2.24, 2.45) is 0 Å². The minimum atomic E-state index is -0.755. The molecule has 0 radical (unpaired) electrons. The van der Waals surface area contributed by atoms with Gasteiger partial charge in [0.25, 0.3) is 5.56 Å². The molecule has 7 nitrogen and oxygen atoms in total. The van der Waals surface area contributed by atoms with Crippen molar-refractivity contribution in [1.29, 1.82) is 0 Å². The molecule has 11 heteroatoms. The summed E-state index contributed by atoms with van der Waals surface area (Å²) in [6.07, 6.45) is 3.32. The van der Waals surface area contributed by atoms with Crippen LogP contribution in [-0.4, -0.2) is 24.5 Å². The van der Waals surface area contributed by atoms with Crippen LogP contribution in [0.15, 0.2) is 53.8 Å². The molecule has 0 aliphatic carbocycles. The van der Waals surface area contributed by atoms with Crippen LogP contribution in [-0.2, 0) is 6.42 Å². The molecule has 0 fully saturated rings. The Bertz CT molecular complexity index is 1550. The zero-order valence-corrected chi connectivity index (χ0v) is 17.9. The number of rotatable bonds is 2. The van der Waals surface area contributed by atoms with E-state index in [1.807, 2.05) is 0 Å². The highest BCUT2D eigenvalue weighted by Gasteiger charge is 2.17. The third kappa shape index (κ3) is 4.12. The van der Waals surface area contributed by atoms with Gasteiger partial charge in [-0.15, -0.1) is 0 Å². The van der Waals surface area contributed by atoms with E-state index in [1.165, 1.54) is 18.7 Å². The lowest BCUT2D eigenvalue weighted by Gasteiger charge is -2.15. The van der Waals surface area contributed by atoms with E-state index in [1.54, 1.807) is 13.0 Å². The van der Waals surface area contributed by atoms with E-state index >= 15 is 0 Å². The largest absolute Gasteiger partial charge is 0.382 e. The van der Waals surface area contributed by atoms with Crippen molar-refractivity contribution in [2.75, 3.05) is 5.73 Å². The van der Waals surface area contributed by atoms with Crippen LogP contribution in [0.5, 0.6) is 0 Å². The van der Waals surface area contributed by atoms with Gasteiger partial charge < -0.3 is 10.7 Å². The molecular weight excluding hydrogens is 457 g/mol. The van der Waals surface area contributed by atoms with Crippen LogP contribution in [0.25, 0.3) is 27.6 Å². The molecule has 3 aromatic heterocycles. The van der Waals surface area contributed by atoms with Gasteiger partial charge in [-0.05, 0) is 36.1 Å². The van der Waals surface area contributed by atoms with Gasteiger partial charge in [-0.25, -0.2) is 28.1 Å². The molecule has 0 saturated carbocycles. The summed E-state index contributed by atoms with van der Waals surface area (Å²) in [7, 11) is 0. The lowest BCUT2D eigenvalue weighted by atomic mass is 10.1. The number of aryl methyl sites for hydroxylation is 1. The molecule has 0 aliphatic rings. The van der Waals surface area contributed by atoms with Crippen molar-refractivity contribution in [2.45, 2.75) is 13.3 Å². The fourth-order valence-corrected chi connectivity index (χ4v) is 3.61. The summed E-state index contributed by atoms with van der Waals surface area (Å²) in [5.74, 6) is -1.75. The molecular formula is C22H16ClF3N6O. The Morgan fingerprint density at radius 2 is 1.82 bits per heavy atom. The maximum Gasteiger partial charge on any atom is 0.264 e. The molecule has 0 unspecified atom stereocenters. The van der Waals surface area contributed by atoms with Gasteiger partial charge in [0.15, 0.2) is 11.5 Å². The van der Waals surface area contributed by atoms with Gasteiger partial charge >= 0.3 is 0 Å². The zero-order valence-electron chi connectivity index (χ0n) is 17.1. The Hall–Kier alpha value is -3.92. The van der Waals surface area contributed by atoms with E-state index < -0.39 is 23.0 Å². The fourth-order valence-electron chi connectivity index (χ4n) is 3.35. The van der Waals surface area contributed by atoms with Gasteiger partial charge in [0.05, 0.1) is 22.4 Å². The molecule has 0 saturated heterocycles. The van der Waals surface area contributed by atoms with Crippen molar-refractivity contribution in [3.8, 4) is 5.69 Å². The summed E-state index contributed by atoms with van der Waals surface area (Å²) in [5, 5.41) is 0.0551. The van der Waals surface area contributed by atoms with Crippen LogP contribution >= 0.6 is 11.6 Å². The second-order valence-corrected chi connectivity index (χ2v) is 7.29. The van der Waals surface area contributed by atoms with E-state index in [4.69, 9.17) is 17.3 Å². The average molecular weight is 473 g/mol. The van der Waals surface area contributed by atoms with Crippen LogP contribution in [0.3, 0.4) is 0 Å². The molecule has 33 heavy (non-hydrogen) atoms. The summed E-state index contributed by atoms with van der Waals surface area (Å²) < 4.78 is 42.3. The van der Waals surface area contributed by atoms with Gasteiger partial charge in [-0.2, -0.15) is 0 Å². The summed E-state index contributed by atoms with van der Waals surface area (Å²) in [4.78, 5) is 27.1. The standard InChI is InChI=1S/C17H11ClF3NO.C5H5N5/c1-2-11-7-9-3-5-13(21)16(18)15(9)17(23)22(11)14-8-10(19)4-6-12(14)20;6-4-3-5(9-1-7-3)10-2-8-4/h3-8H,2H2,1H3;1-2H,(H3,6,7,8,9,10). The molecule has 0 bridgehead atoms. The number of hydrogen-bond donors (Lipinski definition) is 2. The zero-order chi connectivity index (χ0) is 23.7. The normalized spacial score (nSPS) is 10.9. The van der Waals surface area contributed by atoms with Gasteiger partial charge in [0, 0.05) is 11.8 Å². The fraction of sp³-hybridized carbons (Fsp3) is 0.0909. The van der Waals surface area contributed by atoms with Crippen molar-refractivity contribution < 1.29 is 13.2 Å². The maximum atomic E-state index is 14.1. The number of benzene rings is 2. The molecule has 0 atom stereocenters. The van der Waals surface area contributed by atoms with E-state index in [0.29, 0.717) is 34.5 Å².